The number of carbonyl (C=O) groups excluding carboxylic acids is 3. The number of ether oxygens (including phenoxy) is 1. The summed E-state index contributed by atoms with van der Waals surface area (Å²) >= 11 is 0.367. The summed E-state index contributed by atoms with van der Waals surface area (Å²) in [6, 6.07) is 7.31. The van der Waals surface area contributed by atoms with E-state index in [1.807, 2.05) is 0 Å². The molecule has 178 valence electrons. The van der Waals surface area contributed by atoms with Crippen molar-refractivity contribution in [2.24, 2.45) is 0 Å². The molecule has 1 aromatic carbocycles. The second-order valence-electron chi connectivity index (χ2n) is 6.82. The molecule has 1 fully saturated rings. The number of alkyl halides is 6. The quantitative estimate of drug-likeness (QED) is 0.382. The number of amides is 1. The Hall–Kier alpha value is -2.97. The fraction of sp³-hybridized carbons (Fsp3) is 0.316. The van der Waals surface area contributed by atoms with Crippen LogP contribution in [0.4, 0.5) is 37.7 Å². The van der Waals surface area contributed by atoms with Gasteiger partial charge in [-0.1, -0.05) is 4.65 Å². The largest absolute Gasteiger partial charge is 0.497 e. The van der Waals surface area contributed by atoms with Crippen LogP contribution in [0.3, 0.4) is 0 Å². The highest BCUT2D eigenvalue weighted by molar-refractivity contribution is 7.16. The van der Waals surface area contributed by atoms with Crippen LogP contribution < -0.4 is 9.96 Å². The minimum absolute atomic E-state index is 0.0426. The van der Waals surface area contributed by atoms with Gasteiger partial charge in [-0.25, -0.2) is 4.79 Å². The number of hydroxylamine groups is 2. The van der Waals surface area contributed by atoms with E-state index in [1.54, 1.807) is 0 Å². The maximum absolute atomic E-state index is 12.7. The highest BCUT2D eigenvalue weighted by Crippen LogP contribution is 2.31. The van der Waals surface area contributed by atoms with Crippen molar-refractivity contribution >= 4 is 40.4 Å². The molecule has 2 aromatic rings. The molecule has 1 amide bonds. The van der Waals surface area contributed by atoms with E-state index in [4.69, 9.17) is 9.57 Å². The van der Waals surface area contributed by atoms with Crippen molar-refractivity contribution in [3.05, 3.63) is 46.2 Å². The summed E-state index contributed by atoms with van der Waals surface area (Å²) in [6.45, 7) is -0.0561. The third kappa shape index (κ3) is 5.69. The zero-order valence-corrected chi connectivity index (χ0v) is 17.3. The first-order chi connectivity index (χ1) is 15.3. The number of halogens is 6. The average Bonchev–Trinajstić information content (AvgIpc) is 3.23. The standard InChI is InChI=1S/C19H14F6N2O5S/c20-18(21,22)15(28)13-5-6-14(33-13)16(29)26-11-1-3-12(4-2-11)27(7-9-31-10-8-27)32-17(30)19(23,24)25/h1-6H,7-10H2/p+1. The Bertz CT molecular complexity index is 1040. The zero-order valence-electron chi connectivity index (χ0n) is 16.5. The van der Waals surface area contributed by atoms with Gasteiger partial charge in [-0.15, -0.1) is 11.3 Å². The van der Waals surface area contributed by atoms with E-state index in [0.717, 1.165) is 12.1 Å². The molecule has 0 bridgehead atoms. The van der Waals surface area contributed by atoms with E-state index < -0.39 is 39.5 Å². The first-order valence-electron chi connectivity index (χ1n) is 9.21. The molecule has 7 nitrogen and oxygen atoms in total. The molecule has 0 unspecified atom stereocenters. The second-order valence-corrected chi connectivity index (χ2v) is 7.90. The normalized spacial score (nSPS) is 16.2. The van der Waals surface area contributed by atoms with Gasteiger partial charge < -0.3 is 10.1 Å². The molecule has 14 heteroatoms. The summed E-state index contributed by atoms with van der Waals surface area (Å²) in [4.78, 5) is 39.0. The molecule has 1 N–H and O–H groups in total. The highest BCUT2D eigenvalue weighted by atomic mass is 32.1. The molecule has 1 aromatic heterocycles. The van der Waals surface area contributed by atoms with Gasteiger partial charge >= 0.3 is 18.3 Å². The first-order valence-corrected chi connectivity index (χ1v) is 10.0. The van der Waals surface area contributed by atoms with Gasteiger partial charge in [-0.2, -0.15) is 26.3 Å². The second kappa shape index (κ2) is 9.11. The zero-order chi connectivity index (χ0) is 24.4. The maximum atomic E-state index is 12.7. The van der Waals surface area contributed by atoms with Crippen LogP contribution in [0.25, 0.3) is 0 Å². The lowest BCUT2D eigenvalue weighted by atomic mass is 10.2. The van der Waals surface area contributed by atoms with E-state index in [9.17, 15) is 40.7 Å². The molecule has 33 heavy (non-hydrogen) atoms. The summed E-state index contributed by atoms with van der Waals surface area (Å²) in [5.41, 5.74) is 0.373. The van der Waals surface area contributed by atoms with Crippen LogP contribution in [0, 0.1) is 0 Å². The molecule has 3 rings (SSSR count). The SMILES string of the molecule is O=C(Nc1ccc([N+]2(OC(=O)C(F)(F)F)CCOCC2)cc1)c1ccc(C(=O)C(F)(F)F)s1. The van der Waals surface area contributed by atoms with Gasteiger partial charge in [0.05, 0.1) is 9.75 Å². The summed E-state index contributed by atoms with van der Waals surface area (Å²) in [5.74, 6) is -5.21. The van der Waals surface area contributed by atoms with Gasteiger partial charge in [0.25, 0.3) is 11.7 Å². The van der Waals surface area contributed by atoms with Gasteiger partial charge in [0.1, 0.15) is 26.3 Å². The summed E-state index contributed by atoms with van der Waals surface area (Å²) in [7, 11) is 0. The lowest BCUT2D eigenvalue weighted by Gasteiger charge is -2.36. The van der Waals surface area contributed by atoms with Gasteiger partial charge in [0.15, 0.2) is 5.69 Å². The van der Waals surface area contributed by atoms with Crippen LogP contribution in [-0.4, -0.2) is 56.3 Å². The van der Waals surface area contributed by atoms with Crippen molar-refractivity contribution in [2.45, 2.75) is 12.4 Å². The van der Waals surface area contributed by atoms with Gasteiger partial charge in [0.2, 0.25) is 0 Å². The first kappa shape index (κ1) is 24.7. The fourth-order valence-electron chi connectivity index (χ4n) is 2.98. The predicted octanol–water partition coefficient (Wildman–Crippen LogP) is 4.10. The average molecular weight is 497 g/mol. The lowest BCUT2D eigenvalue weighted by molar-refractivity contribution is -0.242. The van der Waals surface area contributed by atoms with Gasteiger partial charge in [-0.3, -0.25) is 14.4 Å². The predicted molar refractivity (Wildman–Crippen MR) is 104 cm³/mol. The van der Waals surface area contributed by atoms with E-state index in [1.165, 1.54) is 24.3 Å². The number of benzene rings is 1. The number of Topliss-reactive ketones (excluding diaryl/α,β-unsaturated/α-hetero) is 1. The number of morpholine rings is 1. The van der Waals surface area contributed by atoms with Gasteiger partial charge in [0, 0.05) is 17.8 Å². The molecule has 0 atom stereocenters. The Morgan fingerprint density at radius 2 is 1.45 bits per heavy atom. The van der Waals surface area contributed by atoms with E-state index in [-0.39, 0.29) is 42.6 Å². The third-order valence-corrected chi connectivity index (χ3v) is 5.67. The molecule has 1 aliphatic rings. The maximum Gasteiger partial charge on any atom is 0.497 e. The number of quaternary nitrogens is 1. The Morgan fingerprint density at radius 3 is 2.00 bits per heavy atom. The van der Waals surface area contributed by atoms with Crippen molar-refractivity contribution in [1.29, 1.82) is 0 Å². The number of hydrogen-bond donors (Lipinski definition) is 1. The molecule has 0 spiro atoms. The van der Waals surface area contributed by atoms with Crippen LogP contribution in [0.15, 0.2) is 36.4 Å². The van der Waals surface area contributed by atoms with E-state index in [2.05, 4.69) is 5.32 Å². The molecule has 1 aliphatic heterocycles. The molecule has 2 heterocycles. The van der Waals surface area contributed by atoms with Crippen molar-refractivity contribution in [1.82, 2.24) is 4.65 Å². The number of rotatable bonds is 5. The summed E-state index contributed by atoms with van der Waals surface area (Å²) in [5, 5.41) is 2.42. The van der Waals surface area contributed by atoms with Crippen LogP contribution in [-0.2, 0) is 14.4 Å². The Labute approximate surface area is 186 Å². The van der Waals surface area contributed by atoms with Crippen molar-refractivity contribution < 1.29 is 50.3 Å². The molecular weight excluding hydrogens is 482 g/mol. The molecule has 1 saturated heterocycles. The van der Waals surface area contributed by atoms with Crippen molar-refractivity contribution in [3.63, 3.8) is 0 Å². The Morgan fingerprint density at radius 1 is 0.879 bits per heavy atom. The van der Waals surface area contributed by atoms with Gasteiger partial charge in [-0.05, 0) is 24.3 Å². The Balaban J connectivity index is 1.75. The minimum atomic E-state index is -5.19. The number of anilines is 1. The summed E-state index contributed by atoms with van der Waals surface area (Å²) < 4.78 is 80.1. The fourth-order valence-corrected chi connectivity index (χ4v) is 3.84. The number of thiophene rings is 1. The number of carbonyl (C=O) groups is 3. The van der Waals surface area contributed by atoms with Crippen LogP contribution in [0.1, 0.15) is 19.3 Å². The van der Waals surface area contributed by atoms with E-state index in [0.29, 0.717) is 11.3 Å². The monoisotopic (exact) mass is 497 g/mol. The number of nitrogens with one attached hydrogen (secondary N) is 1. The van der Waals surface area contributed by atoms with Crippen molar-refractivity contribution in [3.8, 4) is 0 Å². The molecular formula is C19H15F6N2O5S+. The number of ketones is 1. The van der Waals surface area contributed by atoms with Crippen LogP contribution in [0.2, 0.25) is 0 Å². The minimum Gasteiger partial charge on any atom is -0.369 e. The smallest absolute Gasteiger partial charge is 0.369 e. The lowest BCUT2D eigenvalue weighted by Crippen LogP contribution is -2.58. The van der Waals surface area contributed by atoms with Crippen LogP contribution in [0.5, 0.6) is 0 Å². The highest BCUT2D eigenvalue weighted by Gasteiger charge is 2.49. The summed E-state index contributed by atoms with van der Waals surface area (Å²) in [6.07, 6.45) is -10.3. The number of hydrogen-bond acceptors (Lipinski definition) is 6. The van der Waals surface area contributed by atoms with E-state index >= 15 is 0 Å². The topological polar surface area (TPSA) is 81.7 Å². The third-order valence-electron chi connectivity index (χ3n) is 4.59. The number of nitrogens with zero attached hydrogens (tertiary/aromatic N) is 1. The molecule has 0 aliphatic carbocycles. The van der Waals surface area contributed by atoms with Crippen molar-refractivity contribution in [2.75, 3.05) is 31.6 Å². The molecule has 0 radical (unpaired) electrons. The Kier molecular flexibility index (Phi) is 6.81. The molecule has 0 saturated carbocycles. The van der Waals surface area contributed by atoms with Crippen LogP contribution >= 0.6 is 11.3 Å².